The van der Waals surface area contributed by atoms with E-state index in [-0.39, 0.29) is 5.82 Å². The van der Waals surface area contributed by atoms with Crippen LogP contribution in [0.5, 0.6) is 0 Å². The van der Waals surface area contributed by atoms with Crippen LogP contribution in [0.4, 0.5) is 4.39 Å². The molecular formula is C10H11FN2. The summed E-state index contributed by atoms with van der Waals surface area (Å²) in [6.45, 7) is 1.79. The Morgan fingerprint density at radius 3 is 2.54 bits per heavy atom. The number of likely N-dealkylation sites (N-methyl/N-ethyl adjacent to an activating group) is 1. The van der Waals surface area contributed by atoms with Gasteiger partial charge in [-0.25, -0.2) is 4.39 Å². The van der Waals surface area contributed by atoms with Crippen molar-refractivity contribution in [2.75, 3.05) is 20.1 Å². The standard InChI is InChI=1S/C10H11FN2/c1-13-7-6-12-10(13)8-2-4-9(11)5-3-8/h2-5H,6-7H2,1H3. The summed E-state index contributed by atoms with van der Waals surface area (Å²) >= 11 is 0. The fourth-order valence-electron chi connectivity index (χ4n) is 1.44. The van der Waals surface area contributed by atoms with E-state index in [1.807, 2.05) is 7.05 Å². The van der Waals surface area contributed by atoms with Gasteiger partial charge >= 0.3 is 0 Å². The summed E-state index contributed by atoms with van der Waals surface area (Å²) in [5, 5.41) is 0. The molecule has 1 heterocycles. The van der Waals surface area contributed by atoms with Crippen LogP contribution in [-0.2, 0) is 0 Å². The lowest BCUT2D eigenvalue weighted by molar-refractivity contribution is 0.556. The normalized spacial score (nSPS) is 16.2. The molecule has 1 aromatic carbocycles. The van der Waals surface area contributed by atoms with Crippen LogP contribution in [0.3, 0.4) is 0 Å². The van der Waals surface area contributed by atoms with E-state index in [1.54, 1.807) is 12.1 Å². The number of halogens is 1. The van der Waals surface area contributed by atoms with Gasteiger partial charge in [-0.1, -0.05) is 0 Å². The van der Waals surface area contributed by atoms with E-state index in [2.05, 4.69) is 9.89 Å². The molecule has 0 N–H and O–H groups in total. The highest BCUT2D eigenvalue weighted by molar-refractivity contribution is 5.99. The molecule has 0 aliphatic carbocycles. The van der Waals surface area contributed by atoms with Gasteiger partial charge in [0.25, 0.3) is 0 Å². The minimum Gasteiger partial charge on any atom is -0.358 e. The minimum atomic E-state index is -0.204. The molecule has 68 valence electrons. The van der Waals surface area contributed by atoms with Gasteiger partial charge in [-0.05, 0) is 24.3 Å². The van der Waals surface area contributed by atoms with Crippen molar-refractivity contribution in [1.29, 1.82) is 0 Å². The fourth-order valence-corrected chi connectivity index (χ4v) is 1.44. The Hall–Kier alpha value is -1.38. The van der Waals surface area contributed by atoms with Crippen LogP contribution in [0, 0.1) is 5.82 Å². The highest BCUT2D eigenvalue weighted by atomic mass is 19.1. The molecule has 1 aliphatic heterocycles. The summed E-state index contributed by atoms with van der Waals surface area (Å²) < 4.78 is 12.6. The molecule has 0 bridgehead atoms. The second-order valence-corrected chi connectivity index (χ2v) is 3.13. The van der Waals surface area contributed by atoms with Crippen LogP contribution >= 0.6 is 0 Å². The fraction of sp³-hybridized carbons (Fsp3) is 0.300. The van der Waals surface area contributed by atoms with Crippen molar-refractivity contribution < 1.29 is 4.39 Å². The lowest BCUT2D eigenvalue weighted by atomic mass is 10.2. The molecule has 0 radical (unpaired) electrons. The molecular weight excluding hydrogens is 167 g/mol. The maximum atomic E-state index is 12.6. The maximum absolute atomic E-state index is 12.6. The van der Waals surface area contributed by atoms with Gasteiger partial charge in [0.05, 0.1) is 6.54 Å². The quantitative estimate of drug-likeness (QED) is 0.636. The highest BCUT2D eigenvalue weighted by Crippen LogP contribution is 2.10. The molecule has 0 amide bonds. The van der Waals surface area contributed by atoms with Crippen LogP contribution in [0.15, 0.2) is 29.3 Å². The number of hydrogen-bond donors (Lipinski definition) is 0. The largest absolute Gasteiger partial charge is 0.358 e. The molecule has 0 aromatic heterocycles. The molecule has 1 aromatic rings. The summed E-state index contributed by atoms with van der Waals surface area (Å²) in [5.41, 5.74) is 0.987. The molecule has 1 aliphatic rings. The van der Waals surface area contributed by atoms with Crippen molar-refractivity contribution >= 4 is 5.84 Å². The third-order valence-electron chi connectivity index (χ3n) is 2.16. The minimum absolute atomic E-state index is 0.204. The zero-order chi connectivity index (χ0) is 9.26. The Morgan fingerprint density at radius 2 is 2.00 bits per heavy atom. The van der Waals surface area contributed by atoms with E-state index < -0.39 is 0 Å². The third-order valence-corrected chi connectivity index (χ3v) is 2.16. The molecule has 13 heavy (non-hydrogen) atoms. The first kappa shape index (κ1) is 8.23. The Kier molecular flexibility index (Phi) is 2.00. The van der Waals surface area contributed by atoms with Gasteiger partial charge in [0.15, 0.2) is 0 Å². The van der Waals surface area contributed by atoms with E-state index in [1.165, 1.54) is 12.1 Å². The molecule has 0 spiro atoms. The number of amidine groups is 1. The lowest BCUT2D eigenvalue weighted by Gasteiger charge is -2.13. The van der Waals surface area contributed by atoms with Gasteiger partial charge in [-0.2, -0.15) is 0 Å². The summed E-state index contributed by atoms with van der Waals surface area (Å²) in [4.78, 5) is 6.41. The smallest absolute Gasteiger partial charge is 0.130 e. The van der Waals surface area contributed by atoms with Crippen molar-refractivity contribution in [3.8, 4) is 0 Å². The van der Waals surface area contributed by atoms with Gasteiger partial charge in [0.1, 0.15) is 11.7 Å². The first-order chi connectivity index (χ1) is 6.27. The Labute approximate surface area is 76.7 Å². The molecule has 0 unspecified atom stereocenters. The second kappa shape index (κ2) is 3.17. The van der Waals surface area contributed by atoms with Crippen molar-refractivity contribution in [2.24, 2.45) is 4.99 Å². The summed E-state index contributed by atoms with van der Waals surface area (Å²) in [5.74, 6) is 0.755. The first-order valence-corrected chi connectivity index (χ1v) is 4.29. The van der Waals surface area contributed by atoms with E-state index in [4.69, 9.17) is 0 Å². The van der Waals surface area contributed by atoms with Crippen LogP contribution in [0.2, 0.25) is 0 Å². The molecule has 2 rings (SSSR count). The van der Waals surface area contributed by atoms with E-state index in [0.29, 0.717) is 0 Å². The summed E-state index contributed by atoms with van der Waals surface area (Å²) in [7, 11) is 2.00. The number of rotatable bonds is 1. The highest BCUT2D eigenvalue weighted by Gasteiger charge is 2.13. The first-order valence-electron chi connectivity index (χ1n) is 4.29. The average molecular weight is 178 g/mol. The molecule has 2 nitrogen and oxygen atoms in total. The zero-order valence-electron chi connectivity index (χ0n) is 7.50. The predicted octanol–water partition coefficient (Wildman–Crippen LogP) is 1.52. The number of hydrogen-bond acceptors (Lipinski definition) is 2. The van der Waals surface area contributed by atoms with E-state index >= 15 is 0 Å². The van der Waals surface area contributed by atoms with Crippen LogP contribution in [0.1, 0.15) is 5.56 Å². The van der Waals surface area contributed by atoms with E-state index in [9.17, 15) is 4.39 Å². The van der Waals surface area contributed by atoms with Gasteiger partial charge in [0.2, 0.25) is 0 Å². The molecule has 3 heteroatoms. The average Bonchev–Trinajstić information content (AvgIpc) is 2.53. The number of aliphatic imine (C=N–C) groups is 1. The van der Waals surface area contributed by atoms with Crippen LogP contribution < -0.4 is 0 Å². The van der Waals surface area contributed by atoms with Crippen molar-refractivity contribution in [3.63, 3.8) is 0 Å². The zero-order valence-corrected chi connectivity index (χ0v) is 7.50. The van der Waals surface area contributed by atoms with Gasteiger partial charge in [0, 0.05) is 19.2 Å². The van der Waals surface area contributed by atoms with Crippen LogP contribution in [0.25, 0.3) is 0 Å². The Morgan fingerprint density at radius 1 is 1.31 bits per heavy atom. The third kappa shape index (κ3) is 1.54. The maximum Gasteiger partial charge on any atom is 0.130 e. The Bertz CT molecular complexity index is 329. The second-order valence-electron chi connectivity index (χ2n) is 3.13. The number of nitrogens with zero attached hydrogens (tertiary/aromatic N) is 2. The lowest BCUT2D eigenvalue weighted by Crippen LogP contribution is -2.23. The molecule has 0 atom stereocenters. The monoisotopic (exact) mass is 178 g/mol. The topological polar surface area (TPSA) is 15.6 Å². The number of benzene rings is 1. The molecule has 0 saturated carbocycles. The van der Waals surface area contributed by atoms with Crippen LogP contribution in [-0.4, -0.2) is 30.9 Å². The predicted molar refractivity (Wildman–Crippen MR) is 50.4 cm³/mol. The van der Waals surface area contributed by atoms with Crippen molar-refractivity contribution in [1.82, 2.24) is 4.90 Å². The summed E-state index contributed by atoms with van der Waals surface area (Å²) in [6, 6.07) is 6.44. The van der Waals surface area contributed by atoms with Gasteiger partial charge in [-0.15, -0.1) is 0 Å². The molecule has 0 saturated heterocycles. The SMILES string of the molecule is CN1CCN=C1c1ccc(F)cc1. The summed E-state index contributed by atoms with van der Waals surface area (Å²) in [6.07, 6.45) is 0. The van der Waals surface area contributed by atoms with Gasteiger partial charge < -0.3 is 4.90 Å². The van der Waals surface area contributed by atoms with Crippen molar-refractivity contribution in [2.45, 2.75) is 0 Å². The van der Waals surface area contributed by atoms with Gasteiger partial charge in [-0.3, -0.25) is 4.99 Å². The van der Waals surface area contributed by atoms with Crippen molar-refractivity contribution in [3.05, 3.63) is 35.6 Å². The van der Waals surface area contributed by atoms with E-state index in [0.717, 1.165) is 24.5 Å². The Balaban J connectivity index is 2.30. The molecule has 0 fully saturated rings.